The van der Waals surface area contributed by atoms with Crippen LogP contribution in [-0.2, 0) is 16.1 Å². The average Bonchev–Trinajstić information content (AvgIpc) is 3.33. The van der Waals surface area contributed by atoms with Crippen LogP contribution in [0.3, 0.4) is 0 Å². The number of rotatable bonds is 5. The van der Waals surface area contributed by atoms with Gasteiger partial charge >= 0.3 is 0 Å². The molecular formula is C27H35N3O3S. The van der Waals surface area contributed by atoms with Crippen molar-refractivity contribution in [3.8, 4) is 5.75 Å². The van der Waals surface area contributed by atoms with Gasteiger partial charge in [-0.05, 0) is 98.8 Å². The first kappa shape index (κ1) is 23.3. The number of aryl methyl sites for hydroxylation is 3. The number of phenolic OH excluding ortho intramolecular Hbond substituents is 1. The quantitative estimate of drug-likeness (QED) is 0.516. The lowest BCUT2D eigenvalue weighted by atomic mass is 9.54. The monoisotopic (exact) mass is 481 g/mol. The number of aromatic hydroxyl groups is 1. The molecule has 5 rings (SSSR count). The molecule has 2 N–H and O–H groups in total. The predicted octanol–water partition coefficient (Wildman–Crippen LogP) is 5.97. The molecule has 34 heavy (non-hydrogen) atoms. The van der Waals surface area contributed by atoms with Crippen LogP contribution in [0.4, 0.5) is 5.13 Å². The van der Waals surface area contributed by atoms with Crippen molar-refractivity contribution in [2.75, 3.05) is 12.4 Å². The first-order valence-corrected chi connectivity index (χ1v) is 13.3. The highest BCUT2D eigenvalue weighted by Crippen LogP contribution is 2.62. The van der Waals surface area contributed by atoms with Gasteiger partial charge in [-0.25, -0.2) is 4.98 Å². The number of anilines is 1. The highest BCUT2D eigenvalue weighted by molar-refractivity contribution is 7.15. The van der Waals surface area contributed by atoms with Crippen LogP contribution in [0.25, 0.3) is 0 Å². The maximum atomic E-state index is 12.7. The molecule has 5 unspecified atom stereocenters. The van der Waals surface area contributed by atoms with Crippen molar-refractivity contribution in [2.24, 2.45) is 28.3 Å². The van der Waals surface area contributed by atoms with E-state index in [4.69, 9.17) is 4.84 Å². The number of hydrogen-bond acceptors (Lipinski definition) is 6. The lowest BCUT2D eigenvalue weighted by Gasteiger charge is -2.50. The summed E-state index contributed by atoms with van der Waals surface area (Å²) in [6.07, 6.45) is 8.40. The number of carbonyl (C=O) groups is 1. The number of oxime groups is 1. The summed E-state index contributed by atoms with van der Waals surface area (Å²) in [6.45, 7) is 6.37. The fourth-order valence-corrected chi connectivity index (χ4v) is 7.91. The summed E-state index contributed by atoms with van der Waals surface area (Å²) in [5.74, 6) is 2.42. The molecule has 1 heterocycles. The number of thiazole rings is 1. The second-order valence-corrected chi connectivity index (χ2v) is 11.9. The molecule has 0 bridgehead atoms. The van der Waals surface area contributed by atoms with Crippen molar-refractivity contribution in [3.05, 3.63) is 39.9 Å². The van der Waals surface area contributed by atoms with E-state index in [1.54, 1.807) is 13.3 Å². The molecule has 1 aromatic carbocycles. The Bertz CT molecular complexity index is 1130. The van der Waals surface area contributed by atoms with Gasteiger partial charge in [0, 0.05) is 22.9 Å². The Morgan fingerprint density at radius 1 is 1.35 bits per heavy atom. The predicted molar refractivity (Wildman–Crippen MR) is 135 cm³/mol. The van der Waals surface area contributed by atoms with Crippen LogP contribution in [0.15, 0.2) is 23.5 Å². The van der Waals surface area contributed by atoms with E-state index in [0.29, 0.717) is 41.0 Å². The van der Waals surface area contributed by atoms with E-state index in [1.165, 1.54) is 28.2 Å². The van der Waals surface area contributed by atoms with Crippen LogP contribution in [0.5, 0.6) is 5.75 Å². The Hall–Kier alpha value is -2.41. The minimum Gasteiger partial charge on any atom is -0.508 e. The van der Waals surface area contributed by atoms with Gasteiger partial charge < -0.3 is 15.3 Å². The van der Waals surface area contributed by atoms with E-state index in [9.17, 15) is 9.90 Å². The molecule has 0 radical (unpaired) electrons. The molecule has 0 spiro atoms. The number of carbonyl (C=O) groups excluding carboxylic acids is 1. The van der Waals surface area contributed by atoms with Gasteiger partial charge in [0.05, 0.1) is 5.71 Å². The zero-order chi connectivity index (χ0) is 24.0. The second-order valence-electron chi connectivity index (χ2n) is 10.7. The van der Waals surface area contributed by atoms with Gasteiger partial charge in [-0.2, -0.15) is 0 Å². The van der Waals surface area contributed by atoms with Gasteiger partial charge in [-0.15, -0.1) is 11.3 Å². The third-order valence-electron chi connectivity index (χ3n) is 8.73. The van der Waals surface area contributed by atoms with E-state index < -0.39 is 0 Å². The molecule has 1 aromatic heterocycles. The van der Waals surface area contributed by atoms with Crippen LogP contribution in [0.1, 0.15) is 72.9 Å². The number of fused-ring (bicyclic) bond motifs is 5. The number of hydrogen-bond donors (Lipinski definition) is 2. The summed E-state index contributed by atoms with van der Waals surface area (Å²) in [7, 11) is 1.64. The Morgan fingerprint density at radius 3 is 2.91 bits per heavy atom. The van der Waals surface area contributed by atoms with Crippen molar-refractivity contribution in [3.63, 3.8) is 0 Å². The van der Waals surface area contributed by atoms with Gasteiger partial charge in [0.1, 0.15) is 12.9 Å². The zero-order valence-corrected chi connectivity index (χ0v) is 21.4. The van der Waals surface area contributed by atoms with E-state index in [1.807, 2.05) is 19.9 Å². The van der Waals surface area contributed by atoms with Gasteiger partial charge in [0.2, 0.25) is 5.91 Å². The number of aromatic nitrogens is 1. The average molecular weight is 482 g/mol. The topological polar surface area (TPSA) is 83.8 Å². The van der Waals surface area contributed by atoms with Crippen molar-refractivity contribution >= 4 is 28.1 Å². The molecule has 7 heteroatoms. The lowest BCUT2D eigenvalue weighted by molar-refractivity contribution is -0.116. The molecule has 6 nitrogen and oxygen atoms in total. The second kappa shape index (κ2) is 8.99. The van der Waals surface area contributed by atoms with Gasteiger partial charge in [-0.3, -0.25) is 4.79 Å². The smallest absolute Gasteiger partial charge is 0.226 e. The Labute approximate surface area is 205 Å². The molecule has 2 saturated carbocycles. The first-order chi connectivity index (χ1) is 16.3. The molecule has 3 aliphatic carbocycles. The third kappa shape index (κ3) is 4.02. The number of nitrogens with one attached hydrogen (secondary N) is 1. The molecular weight excluding hydrogens is 446 g/mol. The molecule has 3 aliphatic rings. The largest absolute Gasteiger partial charge is 0.508 e. The highest BCUT2D eigenvalue weighted by Gasteiger charge is 2.57. The fraction of sp³-hybridized carbons (Fsp3) is 0.593. The molecule has 2 fully saturated rings. The summed E-state index contributed by atoms with van der Waals surface area (Å²) < 4.78 is 0. The zero-order valence-electron chi connectivity index (χ0n) is 20.6. The maximum Gasteiger partial charge on any atom is 0.226 e. The third-order valence-corrected chi connectivity index (χ3v) is 9.55. The normalized spacial score (nSPS) is 31.0. The van der Waals surface area contributed by atoms with E-state index in [0.717, 1.165) is 49.0 Å². The van der Waals surface area contributed by atoms with Crippen LogP contribution >= 0.6 is 11.3 Å². The number of phenols is 1. The Balaban J connectivity index is 1.39. The number of amides is 1. The molecule has 0 saturated heterocycles. The minimum absolute atomic E-state index is 0.0220. The summed E-state index contributed by atoms with van der Waals surface area (Å²) >= 11 is 1.51. The van der Waals surface area contributed by atoms with Crippen LogP contribution in [-0.4, -0.2) is 28.8 Å². The van der Waals surface area contributed by atoms with Crippen LogP contribution in [0, 0.1) is 37.0 Å². The molecule has 182 valence electrons. The van der Waals surface area contributed by atoms with Crippen molar-refractivity contribution in [1.29, 1.82) is 0 Å². The standard InChI is InChI=1S/C27H35N3O3S/c1-15-11-21-17(12-22(15)31)5-7-20-19(21)9-10-27(3)23(30-33-4)13-18(25(20)27)6-8-24(32)29-26-28-14-16(2)34-26/h11-12,14,18-20,25,31H,5-10,13H2,1-4H3,(H,28,29,32)/b30-23+. The molecule has 5 atom stereocenters. The Morgan fingerprint density at radius 2 is 2.18 bits per heavy atom. The fourth-order valence-electron chi connectivity index (χ4n) is 7.23. The summed E-state index contributed by atoms with van der Waals surface area (Å²) in [6, 6.07) is 4.21. The lowest BCUT2D eigenvalue weighted by Crippen LogP contribution is -2.44. The van der Waals surface area contributed by atoms with E-state index in [-0.39, 0.29) is 11.3 Å². The first-order valence-electron chi connectivity index (χ1n) is 12.5. The van der Waals surface area contributed by atoms with Crippen LogP contribution < -0.4 is 5.32 Å². The van der Waals surface area contributed by atoms with Crippen molar-refractivity contribution in [2.45, 2.75) is 71.6 Å². The highest BCUT2D eigenvalue weighted by atomic mass is 32.1. The Kier molecular flexibility index (Phi) is 6.17. The van der Waals surface area contributed by atoms with Gasteiger partial charge in [-0.1, -0.05) is 18.1 Å². The van der Waals surface area contributed by atoms with Crippen LogP contribution in [0.2, 0.25) is 0 Å². The minimum atomic E-state index is 0.0220. The number of nitrogens with zero attached hydrogens (tertiary/aromatic N) is 2. The summed E-state index contributed by atoms with van der Waals surface area (Å²) in [5, 5.41) is 18.4. The van der Waals surface area contributed by atoms with Gasteiger partial charge in [0.25, 0.3) is 0 Å². The molecule has 2 aromatic rings. The summed E-state index contributed by atoms with van der Waals surface area (Å²) in [5.41, 5.74) is 4.90. The molecule has 1 amide bonds. The van der Waals surface area contributed by atoms with E-state index in [2.05, 4.69) is 28.4 Å². The van der Waals surface area contributed by atoms with Crippen molar-refractivity contribution < 1.29 is 14.7 Å². The van der Waals surface area contributed by atoms with Crippen molar-refractivity contribution in [1.82, 2.24) is 4.98 Å². The maximum absolute atomic E-state index is 12.7. The molecule has 0 aliphatic heterocycles. The van der Waals surface area contributed by atoms with E-state index >= 15 is 0 Å². The number of benzene rings is 1. The summed E-state index contributed by atoms with van der Waals surface area (Å²) in [4.78, 5) is 23.4. The SMILES string of the molecule is CO/N=C1\CC(CCC(=O)Nc2ncc(C)s2)C2C3CCc4cc(O)c(C)cc4C3CCC12C. The van der Waals surface area contributed by atoms with Gasteiger partial charge in [0.15, 0.2) is 5.13 Å².